The van der Waals surface area contributed by atoms with Crippen molar-refractivity contribution >= 4 is 11.8 Å². The largest absolute Gasteiger partial charge is 0.504 e. The molecule has 0 aliphatic heterocycles. The number of aromatic nitrogens is 2. The van der Waals surface area contributed by atoms with Crippen LogP contribution >= 0.6 is 0 Å². The van der Waals surface area contributed by atoms with E-state index in [0.717, 1.165) is 12.5 Å². The lowest BCUT2D eigenvalue weighted by atomic mass is 10.2. The molecule has 74 valence electrons. The summed E-state index contributed by atoms with van der Waals surface area (Å²) in [6.07, 6.45) is 1.75. The normalized spacial score (nSPS) is 9.50. The van der Waals surface area contributed by atoms with E-state index in [4.69, 9.17) is 5.11 Å². The summed E-state index contributed by atoms with van der Waals surface area (Å²) >= 11 is 0. The Bertz CT molecular complexity index is 364. The Labute approximate surface area is 79.6 Å². The van der Waals surface area contributed by atoms with Crippen molar-refractivity contribution in [3.8, 4) is 5.75 Å². The molecule has 14 heavy (non-hydrogen) atoms. The second kappa shape index (κ2) is 4.31. The standard InChI is InChI=1S/C8H8N2O4/c1-14-7(13)2-5(11)8-6(12)3-9-4-10-8/h3-4,12H,2H2,1H3. The summed E-state index contributed by atoms with van der Waals surface area (Å²) in [6, 6.07) is 0. The Hall–Kier alpha value is -1.98. The summed E-state index contributed by atoms with van der Waals surface area (Å²) < 4.78 is 4.30. The predicted octanol–water partition coefficient (Wildman–Crippen LogP) is -0.0720. The smallest absolute Gasteiger partial charge is 0.313 e. The predicted molar refractivity (Wildman–Crippen MR) is 44.7 cm³/mol. The van der Waals surface area contributed by atoms with Gasteiger partial charge in [0.25, 0.3) is 0 Å². The van der Waals surface area contributed by atoms with Crippen LogP contribution in [0.15, 0.2) is 12.5 Å². The fourth-order valence-electron chi connectivity index (χ4n) is 0.824. The fraction of sp³-hybridized carbons (Fsp3) is 0.250. The molecule has 0 aliphatic rings. The molecule has 6 heteroatoms. The van der Waals surface area contributed by atoms with Crippen LogP contribution in [-0.2, 0) is 9.53 Å². The summed E-state index contributed by atoms with van der Waals surface area (Å²) in [7, 11) is 1.18. The number of nitrogens with zero attached hydrogens (tertiary/aromatic N) is 2. The van der Waals surface area contributed by atoms with Crippen LogP contribution in [0.2, 0.25) is 0 Å². The number of esters is 1. The molecule has 0 aromatic carbocycles. The number of Topliss-reactive ketones (excluding diaryl/α,β-unsaturated/α-hetero) is 1. The zero-order valence-electron chi connectivity index (χ0n) is 7.43. The quantitative estimate of drug-likeness (QED) is 0.413. The second-order valence-corrected chi connectivity index (χ2v) is 2.43. The van der Waals surface area contributed by atoms with Crippen molar-refractivity contribution in [2.45, 2.75) is 6.42 Å². The molecule has 6 nitrogen and oxygen atoms in total. The molecule has 0 unspecified atom stereocenters. The van der Waals surface area contributed by atoms with Gasteiger partial charge in [-0.05, 0) is 0 Å². The van der Waals surface area contributed by atoms with Gasteiger partial charge < -0.3 is 9.84 Å². The minimum Gasteiger partial charge on any atom is -0.504 e. The van der Waals surface area contributed by atoms with Crippen LogP contribution in [0.4, 0.5) is 0 Å². The third-order valence-corrected chi connectivity index (χ3v) is 1.49. The molecule has 0 bridgehead atoms. The maximum Gasteiger partial charge on any atom is 0.313 e. The molecule has 1 rings (SSSR count). The SMILES string of the molecule is COC(=O)CC(=O)c1ncncc1O. The van der Waals surface area contributed by atoms with Crippen LogP contribution in [0.3, 0.4) is 0 Å². The molecule has 0 amide bonds. The van der Waals surface area contributed by atoms with E-state index in [9.17, 15) is 9.59 Å². The van der Waals surface area contributed by atoms with Gasteiger partial charge in [-0.15, -0.1) is 0 Å². The number of methoxy groups -OCH3 is 1. The molecular formula is C8H8N2O4. The van der Waals surface area contributed by atoms with Crippen LogP contribution in [-0.4, -0.2) is 33.9 Å². The Morgan fingerprint density at radius 1 is 1.57 bits per heavy atom. The zero-order valence-corrected chi connectivity index (χ0v) is 7.43. The molecule has 1 N–H and O–H groups in total. The third-order valence-electron chi connectivity index (χ3n) is 1.49. The minimum absolute atomic E-state index is 0.176. The lowest BCUT2D eigenvalue weighted by Gasteiger charge is -2.00. The Morgan fingerprint density at radius 2 is 2.29 bits per heavy atom. The van der Waals surface area contributed by atoms with Crippen molar-refractivity contribution in [1.29, 1.82) is 0 Å². The van der Waals surface area contributed by atoms with Crippen molar-refractivity contribution in [3.05, 3.63) is 18.2 Å². The molecule has 0 spiro atoms. The van der Waals surface area contributed by atoms with Crippen molar-refractivity contribution in [2.75, 3.05) is 7.11 Å². The molecule has 0 atom stereocenters. The molecule has 1 aromatic heterocycles. The van der Waals surface area contributed by atoms with Crippen molar-refractivity contribution in [3.63, 3.8) is 0 Å². The average Bonchev–Trinajstić information content (AvgIpc) is 2.18. The lowest BCUT2D eigenvalue weighted by molar-refractivity contribution is -0.139. The first-order valence-corrected chi connectivity index (χ1v) is 3.74. The van der Waals surface area contributed by atoms with E-state index in [2.05, 4.69) is 14.7 Å². The van der Waals surface area contributed by atoms with Gasteiger partial charge in [-0.3, -0.25) is 9.59 Å². The van der Waals surface area contributed by atoms with Gasteiger partial charge in [0.15, 0.2) is 17.2 Å². The Morgan fingerprint density at radius 3 is 2.86 bits per heavy atom. The van der Waals surface area contributed by atoms with E-state index in [1.165, 1.54) is 7.11 Å². The molecule has 1 aromatic rings. The van der Waals surface area contributed by atoms with E-state index in [0.29, 0.717) is 0 Å². The number of carbonyl (C=O) groups excluding carboxylic acids is 2. The molecule has 0 aliphatic carbocycles. The average molecular weight is 196 g/mol. The van der Waals surface area contributed by atoms with Gasteiger partial charge in [0.2, 0.25) is 0 Å². The van der Waals surface area contributed by atoms with Crippen LogP contribution in [0.25, 0.3) is 0 Å². The van der Waals surface area contributed by atoms with Gasteiger partial charge in [-0.1, -0.05) is 0 Å². The van der Waals surface area contributed by atoms with Crippen molar-refractivity contribution in [1.82, 2.24) is 9.97 Å². The Kier molecular flexibility index (Phi) is 3.11. The van der Waals surface area contributed by atoms with Gasteiger partial charge in [0.05, 0.1) is 13.3 Å². The van der Waals surface area contributed by atoms with Gasteiger partial charge in [-0.25, -0.2) is 9.97 Å². The van der Waals surface area contributed by atoms with Gasteiger partial charge in [0, 0.05) is 0 Å². The minimum atomic E-state index is -0.673. The van der Waals surface area contributed by atoms with Crippen LogP contribution in [0.5, 0.6) is 5.75 Å². The molecule has 0 saturated carbocycles. The summed E-state index contributed by atoms with van der Waals surface area (Å²) in [5.74, 6) is -1.62. The zero-order chi connectivity index (χ0) is 10.6. The number of ketones is 1. The highest BCUT2D eigenvalue weighted by molar-refractivity contribution is 6.06. The van der Waals surface area contributed by atoms with Gasteiger partial charge in [-0.2, -0.15) is 0 Å². The topological polar surface area (TPSA) is 89.4 Å². The molecule has 0 radical (unpaired) electrons. The molecule has 0 saturated heterocycles. The van der Waals surface area contributed by atoms with Crippen molar-refractivity contribution in [2.24, 2.45) is 0 Å². The van der Waals surface area contributed by atoms with E-state index < -0.39 is 18.2 Å². The van der Waals surface area contributed by atoms with Crippen LogP contribution in [0.1, 0.15) is 16.9 Å². The van der Waals surface area contributed by atoms with Crippen molar-refractivity contribution < 1.29 is 19.4 Å². The van der Waals surface area contributed by atoms with Gasteiger partial charge >= 0.3 is 5.97 Å². The molecular weight excluding hydrogens is 188 g/mol. The van der Waals surface area contributed by atoms with Gasteiger partial charge in [0.1, 0.15) is 12.7 Å². The maximum absolute atomic E-state index is 11.3. The number of hydrogen-bond donors (Lipinski definition) is 1. The summed E-state index contributed by atoms with van der Waals surface area (Å²) in [4.78, 5) is 29.1. The first-order valence-electron chi connectivity index (χ1n) is 3.74. The third kappa shape index (κ3) is 2.25. The number of ether oxygens (including phenoxy) is 1. The number of rotatable bonds is 3. The monoisotopic (exact) mass is 196 g/mol. The maximum atomic E-state index is 11.3. The highest BCUT2D eigenvalue weighted by Crippen LogP contribution is 2.13. The summed E-state index contributed by atoms with van der Waals surface area (Å²) in [5, 5.41) is 9.17. The van der Waals surface area contributed by atoms with E-state index in [-0.39, 0.29) is 11.4 Å². The Balaban J connectivity index is 2.80. The van der Waals surface area contributed by atoms with E-state index in [1.807, 2.05) is 0 Å². The van der Waals surface area contributed by atoms with Crippen LogP contribution < -0.4 is 0 Å². The highest BCUT2D eigenvalue weighted by Gasteiger charge is 2.16. The first-order chi connectivity index (χ1) is 6.65. The first kappa shape index (κ1) is 10.1. The lowest BCUT2D eigenvalue weighted by Crippen LogP contribution is -2.11. The fourth-order valence-corrected chi connectivity index (χ4v) is 0.824. The molecule has 1 heterocycles. The summed E-state index contributed by atoms with van der Waals surface area (Å²) in [6.45, 7) is 0. The highest BCUT2D eigenvalue weighted by atomic mass is 16.5. The number of aromatic hydroxyl groups is 1. The van der Waals surface area contributed by atoms with E-state index >= 15 is 0 Å². The number of carbonyl (C=O) groups is 2. The second-order valence-electron chi connectivity index (χ2n) is 2.43. The van der Waals surface area contributed by atoms with Crippen LogP contribution in [0, 0.1) is 0 Å². The molecule has 0 fully saturated rings. The number of hydrogen-bond acceptors (Lipinski definition) is 6. The summed E-state index contributed by atoms with van der Waals surface area (Å²) in [5.41, 5.74) is -0.176. The van der Waals surface area contributed by atoms with E-state index in [1.54, 1.807) is 0 Å².